The van der Waals surface area contributed by atoms with Crippen molar-refractivity contribution in [2.75, 3.05) is 32.8 Å². The van der Waals surface area contributed by atoms with Gasteiger partial charge in [-0.25, -0.2) is 8.42 Å². The van der Waals surface area contributed by atoms with Crippen LogP contribution in [0.2, 0.25) is 0 Å². The van der Waals surface area contributed by atoms with Crippen molar-refractivity contribution >= 4 is 38.7 Å². The number of nitrogens with one attached hydrogen (secondary N) is 1. The zero-order valence-corrected chi connectivity index (χ0v) is 16.9. The molecule has 10 heteroatoms. The first-order valence-electron chi connectivity index (χ1n) is 9.11. The molecular formula is C17H24N4O4S2. The average molecular weight is 413 g/mol. The van der Waals surface area contributed by atoms with Gasteiger partial charge in [0.2, 0.25) is 15.9 Å². The fourth-order valence-corrected chi connectivity index (χ4v) is 5.45. The van der Waals surface area contributed by atoms with Crippen molar-refractivity contribution in [2.45, 2.75) is 31.1 Å². The molecule has 1 fully saturated rings. The van der Waals surface area contributed by atoms with Gasteiger partial charge in [-0.2, -0.15) is 13.1 Å². The lowest BCUT2D eigenvalue weighted by atomic mass is 9.99. The summed E-state index contributed by atoms with van der Waals surface area (Å²) in [5.74, 6) is -0.437. The van der Waals surface area contributed by atoms with Gasteiger partial charge in [-0.05, 0) is 38.3 Å². The zero-order valence-electron chi connectivity index (χ0n) is 15.3. The van der Waals surface area contributed by atoms with Crippen LogP contribution in [0, 0.1) is 5.92 Å². The summed E-state index contributed by atoms with van der Waals surface area (Å²) in [7, 11) is -3.72. The van der Waals surface area contributed by atoms with Crippen molar-refractivity contribution in [3.63, 3.8) is 0 Å². The molecule has 2 aromatic rings. The highest BCUT2D eigenvalue weighted by Crippen LogP contribution is 2.28. The Morgan fingerprint density at radius 1 is 1.41 bits per heavy atom. The number of ether oxygens (including phenoxy) is 1. The monoisotopic (exact) mass is 412 g/mol. The lowest BCUT2D eigenvalue weighted by Crippen LogP contribution is -2.45. The molecule has 1 aromatic carbocycles. The first kappa shape index (κ1) is 20.1. The van der Waals surface area contributed by atoms with E-state index in [9.17, 15) is 13.2 Å². The molecule has 3 rings (SSSR count). The van der Waals surface area contributed by atoms with E-state index in [1.165, 1.54) is 4.31 Å². The van der Waals surface area contributed by atoms with E-state index >= 15 is 0 Å². The molecule has 1 atom stereocenters. The smallest absolute Gasteiger partial charge is 0.245 e. The van der Waals surface area contributed by atoms with Crippen molar-refractivity contribution in [3.05, 3.63) is 18.2 Å². The van der Waals surface area contributed by atoms with Crippen LogP contribution in [0.25, 0.3) is 11.0 Å². The van der Waals surface area contributed by atoms with Crippen molar-refractivity contribution in [1.29, 1.82) is 0 Å². The Balaban J connectivity index is 1.66. The predicted octanol–water partition coefficient (Wildman–Crippen LogP) is 1.63. The molecule has 8 nitrogen and oxygen atoms in total. The van der Waals surface area contributed by atoms with E-state index in [0.29, 0.717) is 50.2 Å². The van der Waals surface area contributed by atoms with Gasteiger partial charge >= 0.3 is 0 Å². The summed E-state index contributed by atoms with van der Waals surface area (Å²) in [6, 6.07) is 4.96. The third kappa shape index (κ3) is 4.63. The Hall–Kier alpha value is -1.62. The molecule has 0 unspecified atom stereocenters. The van der Waals surface area contributed by atoms with E-state index in [2.05, 4.69) is 14.1 Å². The van der Waals surface area contributed by atoms with Crippen molar-refractivity contribution in [1.82, 2.24) is 18.4 Å². The number of piperidine rings is 1. The van der Waals surface area contributed by atoms with Gasteiger partial charge in [-0.3, -0.25) is 4.79 Å². The Morgan fingerprint density at radius 2 is 2.26 bits per heavy atom. The number of rotatable bonds is 8. The first-order chi connectivity index (χ1) is 13.0. The summed E-state index contributed by atoms with van der Waals surface area (Å²) in [5.41, 5.74) is 0.965. The zero-order chi connectivity index (χ0) is 19.3. The molecule has 2 heterocycles. The molecule has 0 radical (unpaired) electrons. The van der Waals surface area contributed by atoms with Crippen LogP contribution in [0.15, 0.2) is 23.1 Å². The fraction of sp³-hybridized carbons (Fsp3) is 0.588. The van der Waals surface area contributed by atoms with Crippen LogP contribution >= 0.6 is 11.7 Å². The quantitative estimate of drug-likeness (QED) is 0.662. The number of hydrogen-bond donors (Lipinski definition) is 1. The molecule has 1 saturated heterocycles. The van der Waals surface area contributed by atoms with E-state index in [4.69, 9.17) is 4.74 Å². The summed E-state index contributed by atoms with van der Waals surface area (Å²) in [4.78, 5) is 12.6. The van der Waals surface area contributed by atoms with E-state index in [1.54, 1.807) is 18.2 Å². The summed E-state index contributed by atoms with van der Waals surface area (Å²) in [6.07, 6.45) is 2.08. The van der Waals surface area contributed by atoms with E-state index in [1.807, 2.05) is 6.92 Å². The number of carbonyl (C=O) groups excluding carboxylic acids is 1. The highest BCUT2D eigenvalue weighted by atomic mass is 32.2. The minimum absolute atomic E-state index is 0.0973. The van der Waals surface area contributed by atoms with Crippen LogP contribution in [0.1, 0.15) is 26.2 Å². The van der Waals surface area contributed by atoms with Crippen LogP contribution in [0.5, 0.6) is 0 Å². The van der Waals surface area contributed by atoms with E-state index in [0.717, 1.165) is 18.1 Å². The molecule has 148 valence electrons. The van der Waals surface area contributed by atoms with Gasteiger partial charge in [0.15, 0.2) is 0 Å². The Morgan fingerprint density at radius 3 is 3.07 bits per heavy atom. The first-order valence-corrected chi connectivity index (χ1v) is 11.3. The second kappa shape index (κ2) is 9.05. The summed E-state index contributed by atoms with van der Waals surface area (Å²) >= 11 is 0.993. The van der Waals surface area contributed by atoms with Gasteiger partial charge in [-0.15, -0.1) is 0 Å². The molecule has 1 aliphatic rings. The van der Waals surface area contributed by atoms with Gasteiger partial charge in [0.25, 0.3) is 0 Å². The number of benzene rings is 1. The third-order valence-electron chi connectivity index (χ3n) is 4.59. The van der Waals surface area contributed by atoms with E-state index < -0.39 is 10.0 Å². The molecular weight excluding hydrogens is 388 g/mol. The summed E-state index contributed by atoms with van der Waals surface area (Å²) in [6.45, 7) is 4.32. The number of aromatic nitrogens is 2. The van der Waals surface area contributed by atoms with Crippen LogP contribution in [0.3, 0.4) is 0 Å². The van der Waals surface area contributed by atoms with E-state index in [-0.39, 0.29) is 23.3 Å². The topological polar surface area (TPSA) is 101 Å². The predicted molar refractivity (Wildman–Crippen MR) is 103 cm³/mol. The molecule has 1 aromatic heterocycles. The maximum atomic E-state index is 13.1. The number of amides is 1. The van der Waals surface area contributed by atoms with Crippen molar-refractivity contribution in [2.24, 2.45) is 5.92 Å². The molecule has 1 N–H and O–H groups in total. The standard InChI is InChI=1S/C17H24N4O4S2/c1-2-25-11-5-9-18-17(22)13-6-4-10-21(12-13)27(23,24)15-8-3-7-14-16(15)20-26-19-14/h3,7-8,13H,2,4-6,9-12H2,1H3,(H,18,22)/t13-/m1/s1. The maximum Gasteiger partial charge on any atom is 0.245 e. The lowest BCUT2D eigenvalue weighted by molar-refractivity contribution is -0.126. The van der Waals surface area contributed by atoms with Gasteiger partial charge in [0, 0.05) is 32.8 Å². The molecule has 0 bridgehead atoms. The van der Waals surface area contributed by atoms with Gasteiger partial charge in [0.1, 0.15) is 15.9 Å². The highest BCUT2D eigenvalue weighted by Gasteiger charge is 2.34. The summed E-state index contributed by atoms with van der Waals surface area (Å²) < 4.78 is 41.1. The largest absolute Gasteiger partial charge is 0.382 e. The SMILES string of the molecule is CCOCCCNC(=O)[C@@H]1CCCN(S(=O)(=O)c2cccc3nsnc23)C1. The number of carbonyl (C=O) groups is 1. The highest BCUT2D eigenvalue weighted by molar-refractivity contribution is 7.89. The van der Waals surface area contributed by atoms with Gasteiger partial charge < -0.3 is 10.1 Å². The van der Waals surface area contributed by atoms with Gasteiger partial charge in [-0.1, -0.05) is 6.07 Å². The minimum Gasteiger partial charge on any atom is -0.382 e. The average Bonchev–Trinajstić information content (AvgIpc) is 3.16. The third-order valence-corrected chi connectivity index (χ3v) is 7.03. The fourth-order valence-electron chi connectivity index (χ4n) is 3.18. The Kier molecular flexibility index (Phi) is 6.74. The van der Waals surface area contributed by atoms with Crippen molar-refractivity contribution < 1.29 is 17.9 Å². The van der Waals surface area contributed by atoms with Crippen molar-refractivity contribution in [3.8, 4) is 0 Å². The second-order valence-electron chi connectivity index (χ2n) is 6.43. The molecule has 1 amide bonds. The second-order valence-corrected chi connectivity index (χ2v) is 8.87. The molecule has 27 heavy (non-hydrogen) atoms. The molecule has 0 aliphatic carbocycles. The maximum absolute atomic E-state index is 13.1. The minimum atomic E-state index is -3.72. The number of nitrogens with zero attached hydrogens (tertiary/aromatic N) is 3. The normalized spacial score (nSPS) is 18.6. The molecule has 0 spiro atoms. The Labute approximate surface area is 163 Å². The van der Waals surface area contributed by atoms with Crippen LogP contribution in [-0.4, -0.2) is 60.2 Å². The molecule has 0 saturated carbocycles. The van der Waals surface area contributed by atoms with Gasteiger partial charge in [0.05, 0.1) is 17.6 Å². The van der Waals surface area contributed by atoms with Crippen LogP contribution < -0.4 is 5.32 Å². The molecule has 1 aliphatic heterocycles. The number of hydrogen-bond acceptors (Lipinski definition) is 7. The van der Waals surface area contributed by atoms with Crippen LogP contribution in [-0.2, 0) is 19.6 Å². The number of sulfonamides is 1. The van der Waals surface area contributed by atoms with Crippen LogP contribution in [0.4, 0.5) is 0 Å². The lowest BCUT2D eigenvalue weighted by Gasteiger charge is -2.31. The number of fused-ring (bicyclic) bond motifs is 1. The summed E-state index contributed by atoms with van der Waals surface area (Å²) in [5, 5.41) is 2.89. The Bertz CT molecular complexity index is 884.